The van der Waals surface area contributed by atoms with E-state index < -0.39 is 0 Å². The molecular formula is C14H13ClFN. The Bertz CT molecular complexity index is 535. The van der Waals surface area contributed by atoms with Crippen LogP contribution in [0.15, 0.2) is 36.4 Å². The SMILES string of the molecule is Cc1cc(Cl)c(Cc2ccc(N)cc2)cc1F. The Labute approximate surface area is 105 Å². The second-order valence-electron chi connectivity index (χ2n) is 4.11. The van der Waals surface area contributed by atoms with Crippen molar-refractivity contribution < 1.29 is 4.39 Å². The first-order valence-electron chi connectivity index (χ1n) is 5.35. The highest BCUT2D eigenvalue weighted by atomic mass is 35.5. The first-order chi connectivity index (χ1) is 8.06. The summed E-state index contributed by atoms with van der Waals surface area (Å²) in [5, 5.41) is 0.598. The molecule has 0 bridgehead atoms. The van der Waals surface area contributed by atoms with Crippen LogP contribution in [-0.4, -0.2) is 0 Å². The summed E-state index contributed by atoms with van der Waals surface area (Å²) in [5.74, 6) is -0.222. The highest BCUT2D eigenvalue weighted by Crippen LogP contribution is 2.23. The number of halogens is 2. The summed E-state index contributed by atoms with van der Waals surface area (Å²) in [6.45, 7) is 1.70. The summed E-state index contributed by atoms with van der Waals surface area (Å²) in [6.07, 6.45) is 0.607. The lowest BCUT2D eigenvalue weighted by Crippen LogP contribution is -1.93. The molecule has 88 valence electrons. The lowest BCUT2D eigenvalue weighted by Gasteiger charge is -2.07. The van der Waals surface area contributed by atoms with Crippen LogP contribution >= 0.6 is 11.6 Å². The fourth-order valence-corrected chi connectivity index (χ4v) is 1.96. The van der Waals surface area contributed by atoms with Crippen molar-refractivity contribution in [2.24, 2.45) is 0 Å². The van der Waals surface area contributed by atoms with Crippen molar-refractivity contribution >= 4 is 17.3 Å². The second kappa shape index (κ2) is 4.76. The molecule has 2 aromatic rings. The van der Waals surface area contributed by atoms with Crippen molar-refractivity contribution in [3.8, 4) is 0 Å². The third-order valence-electron chi connectivity index (χ3n) is 2.70. The first-order valence-corrected chi connectivity index (χ1v) is 5.73. The number of nitrogen functional groups attached to an aromatic ring is 1. The van der Waals surface area contributed by atoms with Gasteiger partial charge in [-0.2, -0.15) is 0 Å². The Morgan fingerprint density at radius 1 is 1.18 bits per heavy atom. The predicted octanol–water partition coefficient (Wildman–Crippen LogP) is 3.96. The van der Waals surface area contributed by atoms with Crippen LogP contribution in [0, 0.1) is 12.7 Å². The van der Waals surface area contributed by atoms with E-state index in [0.29, 0.717) is 17.0 Å². The Balaban J connectivity index is 2.30. The number of hydrogen-bond acceptors (Lipinski definition) is 1. The van der Waals surface area contributed by atoms with Gasteiger partial charge in [0.2, 0.25) is 0 Å². The smallest absolute Gasteiger partial charge is 0.126 e. The van der Waals surface area contributed by atoms with E-state index in [2.05, 4.69) is 0 Å². The summed E-state index contributed by atoms with van der Waals surface area (Å²) >= 11 is 6.09. The van der Waals surface area contributed by atoms with Crippen molar-refractivity contribution in [1.29, 1.82) is 0 Å². The first kappa shape index (κ1) is 11.9. The predicted molar refractivity (Wildman–Crippen MR) is 69.8 cm³/mol. The molecule has 0 radical (unpaired) electrons. The van der Waals surface area contributed by atoms with E-state index in [0.717, 1.165) is 16.8 Å². The fourth-order valence-electron chi connectivity index (χ4n) is 1.68. The van der Waals surface area contributed by atoms with E-state index in [-0.39, 0.29) is 5.82 Å². The molecule has 2 aromatic carbocycles. The molecule has 17 heavy (non-hydrogen) atoms. The third-order valence-corrected chi connectivity index (χ3v) is 3.05. The maximum absolute atomic E-state index is 13.4. The molecule has 0 fully saturated rings. The van der Waals surface area contributed by atoms with Crippen LogP contribution in [-0.2, 0) is 6.42 Å². The second-order valence-corrected chi connectivity index (χ2v) is 4.52. The van der Waals surface area contributed by atoms with Gasteiger partial charge in [-0.05, 0) is 54.3 Å². The number of nitrogens with two attached hydrogens (primary N) is 1. The van der Waals surface area contributed by atoms with Crippen LogP contribution in [0.25, 0.3) is 0 Å². The molecule has 2 rings (SSSR count). The molecule has 0 atom stereocenters. The minimum absolute atomic E-state index is 0.222. The van der Waals surface area contributed by atoms with Crippen LogP contribution in [0.4, 0.5) is 10.1 Å². The Hall–Kier alpha value is -1.54. The number of rotatable bonds is 2. The molecule has 0 aromatic heterocycles. The van der Waals surface area contributed by atoms with E-state index in [1.807, 2.05) is 24.3 Å². The zero-order chi connectivity index (χ0) is 12.4. The summed E-state index contributed by atoms with van der Waals surface area (Å²) < 4.78 is 13.4. The van der Waals surface area contributed by atoms with Crippen molar-refractivity contribution in [3.05, 3.63) is 63.9 Å². The molecule has 3 heteroatoms. The maximum Gasteiger partial charge on any atom is 0.126 e. The van der Waals surface area contributed by atoms with Crippen molar-refractivity contribution in [1.82, 2.24) is 0 Å². The summed E-state index contributed by atoms with van der Waals surface area (Å²) in [6, 6.07) is 10.6. The van der Waals surface area contributed by atoms with Gasteiger partial charge in [-0.3, -0.25) is 0 Å². The largest absolute Gasteiger partial charge is 0.399 e. The van der Waals surface area contributed by atoms with Crippen LogP contribution < -0.4 is 5.73 Å². The standard InChI is InChI=1S/C14H13ClFN/c1-9-6-13(15)11(8-14(9)16)7-10-2-4-12(17)5-3-10/h2-6,8H,7,17H2,1H3. The normalized spacial score (nSPS) is 10.5. The molecule has 0 aliphatic carbocycles. The zero-order valence-corrected chi connectivity index (χ0v) is 10.3. The Morgan fingerprint density at radius 3 is 2.47 bits per heavy atom. The fraction of sp³-hybridized carbons (Fsp3) is 0.143. The average Bonchev–Trinajstić information content (AvgIpc) is 2.29. The molecule has 2 N–H and O–H groups in total. The molecule has 0 spiro atoms. The molecule has 0 aliphatic rings. The van der Waals surface area contributed by atoms with Gasteiger partial charge in [0.25, 0.3) is 0 Å². The van der Waals surface area contributed by atoms with E-state index in [4.69, 9.17) is 17.3 Å². The monoisotopic (exact) mass is 249 g/mol. The minimum Gasteiger partial charge on any atom is -0.399 e. The van der Waals surface area contributed by atoms with Gasteiger partial charge in [0, 0.05) is 10.7 Å². The molecule has 0 unspecified atom stereocenters. The highest BCUT2D eigenvalue weighted by Gasteiger charge is 2.06. The minimum atomic E-state index is -0.222. The quantitative estimate of drug-likeness (QED) is 0.801. The number of benzene rings is 2. The number of anilines is 1. The Morgan fingerprint density at radius 2 is 1.82 bits per heavy atom. The van der Waals surface area contributed by atoms with Gasteiger partial charge >= 0.3 is 0 Å². The van der Waals surface area contributed by atoms with Crippen molar-refractivity contribution in [2.45, 2.75) is 13.3 Å². The van der Waals surface area contributed by atoms with Gasteiger partial charge in [0.1, 0.15) is 5.82 Å². The van der Waals surface area contributed by atoms with Gasteiger partial charge in [0.05, 0.1) is 0 Å². The van der Waals surface area contributed by atoms with Crippen LogP contribution in [0.3, 0.4) is 0 Å². The summed E-state index contributed by atoms with van der Waals surface area (Å²) in [5.41, 5.74) is 8.74. The zero-order valence-electron chi connectivity index (χ0n) is 9.50. The van der Waals surface area contributed by atoms with Gasteiger partial charge in [-0.15, -0.1) is 0 Å². The molecule has 0 heterocycles. The molecule has 0 aliphatic heterocycles. The lowest BCUT2D eigenvalue weighted by molar-refractivity contribution is 0.616. The Kier molecular flexibility index (Phi) is 3.34. The number of aryl methyl sites for hydroxylation is 1. The molecular weight excluding hydrogens is 237 g/mol. The topological polar surface area (TPSA) is 26.0 Å². The van der Waals surface area contributed by atoms with Crippen LogP contribution in [0.5, 0.6) is 0 Å². The van der Waals surface area contributed by atoms with E-state index in [9.17, 15) is 4.39 Å². The summed E-state index contributed by atoms with van der Waals surface area (Å²) in [7, 11) is 0. The van der Waals surface area contributed by atoms with E-state index >= 15 is 0 Å². The van der Waals surface area contributed by atoms with Crippen LogP contribution in [0.2, 0.25) is 5.02 Å². The van der Waals surface area contributed by atoms with E-state index in [1.54, 1.807) is 13.0 Å². The number of hydrogen-bond donors (Lipinski definition) is 1. The summed E-state index contributed by atoms with van der Waals surface area (Å²) in [4.78, 5) is 0. The highest BCUT2D eigenvalue weighted by molar-refractivity contribution is 6.31. The van der Waals surface area contributed by atoms with Crippen molar-refractivity contribution in [3.63, 3.8) is 0 Å². The van der Waals surface area contributed by atoms with E-state index in [1.165, 1.54) is 6.07 Å². The average molecular weight is 250 g/mol. The third kappa shape index (κ3) is 2.77. The van der Waals surface area contributed by atoms with Gasteiger partial charge in [-0.25, -0.2) is 4.39 Å². The molecule has 0 saturated carbocycles. The van der Waals surface area contributed by atoms with Gasteiger partial charge in [-0.1, -0.05) is 23.7 Å². The van der Waals surface area contributed by atoms with Crippen LogP contribution in [0.1, 0.15) is 16.7 Å². The molecule has 0 amide bonds. The van der Waals surface area contributed by atoms with Gasteiger partial charge < -0.3 is 5.73 Å². The molecule has 1 nitrogen and oxygen atoms in total. The maximum atomic E-state index is 13.4. The molecule has 0 saturated heterocycles. The van der Waals surface area contributed by atoms with Crippen molar-refractivity contribution in [2.75, 3.05) is 5.73 Å². The van der Waals surface area contributed by atoms with Gasteiger partial charge in [0.15, 0.2) is 0 Å². The lowest BCUT2D eigenvalue weighted by atomic mass is 10.0.